The van der Waals surface area contributed by atoms with Gasteiger partial charge in [-0.15, -0.1) is 0 Å². The van der Waals surface area contributed by atoms with Crippen LogP contribution < -0.4 is 10.2 Å². The van der Waals surface area contributed by atoms with Crippen molar-refractivity contribution in [3.63, 3.8) is 0 Å². The zero-order valence-electron chi connectivity index (χ0n) is 18.4. The van der Waals surface area contributed by atoms with Gasteiger partial charge < -0.3 is 9.84 Å². The van der Waals surface area contributed by atoms with E-state index in [1.807, 2.05) is 67.3 Å². The Morgan fingerprint density at radius 1 is 1.03 bits per heavy atom. The van der Waals surface area contributed by atoms with Crippen molar-refractivity contribution in [3.05, 3.63) is 106 Å². The third kappa shape index (κ3) is 4.20. The molecule has 0 bridgehead atoms. The maximum absolute atomic E-state index is 13.8. The largest absolute Gasteiger partial charge is 0.351 e. The molecule has 0 saturated carbocycles. The van der Waals surface area contributed by atoms with Crippen LogP contribution in [0.15, 0.2) is 83.0 Å². The van der Waals surface area contributed by atoms with E-state index >= 15 is 0 Å². The van der Waals surface area contributed by atoms with Crippen LogP contribution in [0.5, 0.6) is 0 Å². The molecule has 2 heterocycles. The smallest absolute Gasteiger partial charge is 0.258 e. The molecule has 1 N–H and O–H groups in total. The molecule has 5 nitrogen and oxygen atoms in total. The van der Waals surface area contributed by atoms with Crippen molar-refractivity contribution in [2.75, 3.05) is 4.90 Å². The second-order valence-electron chi connectivity index (χ2n) is 8.04. The first-order valence-electron chi connectivity index (χ1n) is 10.6. The van der Waals surface area contributed by atoms with Gasteiger partial charge in [0, 0.05) is 22.0 Å². The van der Waals surface area contributed by atoms with E-state index < -0.39 is 0 Å². The van der Waals surface area contributed by atoms with Crippen LogP contribution in [-0.4, -0.2) is 15.3 Å². The van der Waals surface area contributed by atoms with Crippen molar-refractivity contribution in [2.45, 2.75) is 19.9 Å². The zero-order valence-corrected chi connectivity index (χ0v) is 20.0. The van der Waals surface area contributed by atoms with E-state index in [9.17, 15) is 4.39 Å². The Hall–Kier alpha value is -3.55. The molecular formula is C26H20ClFN4OS. The number of aryl methyl sites for hydroxylation is 1. The molecule has 0 radical (unpaired) electrons. The number of aromatic nitrogens is 2. The van der Waals surface area contributed by atoms with Gasteiger partial charge >= 0.3 is 0 Å². The number of halogens is 2. The number of hydrogen-bond acceptors (Lipinski definition) is 4. The van der Waals surface area contributed by atoms with E-state index in [1.54, 1.807) is 12.1 Å². The van der Waals surface area contributed by atoms with E-state index in [0.717, 1.165) is 28.1 Å². The maximum Gasteiger partial charge on any atom is 0.258 e. The second kappa shape index (κ2) is 9.00. The minimum atomic E-state index is -0.367. The molecule has 1 unspecified atom stereocenters. The van der Waals surface area contributed by atoms with Crippen molar-refractivity contribution in [3.8, 4) is 11.4 Å². The fourth-order valence-electron chi connectivity index (χ4n) is 4.03. The van der Waals surface area contributed by atoms with Gasteiger partial charge in [0.1, 0.15) is 5.82 Å². The molecule has 1 atom stereocenters. The molecule has 170 valence electrons. The number of allylic oxidation sites excluding steroid dienone is 1. The molecular weight excluding hydrogens is 471 g/mol. The summed E-state index contributed by atoms with van der Waals surface area (Å²) in [5.41, 5.74) is 5.09. The highest BCUT2D eigenvalue weighted by Gasteiger charge is 2.34. The lowest BCUT2D eigenvalue weighted by Gasteiger charge is -2.37. The van der Waals surface area contributed by atoms with E-state index in [0.29, 0.717) is 27.4 Å². The minimum Gasteiger partial charge on any atom is -0.351 e. The van der Waals surface area contributed by atoms with Crippen LogP contribution in [0.2, 0.25) is 5.02 Å². The summed E-state index contributed by atoms with van der Waals surface area (Å²) in [6.07, 6.45) is 0. The Morgan fingerprint density at radius 3 is 2.53 bits per heavy atom. The summed E-state index contributed by atoms with van der Waals surface area (Å²) in [5.74, 6) is 0.262. The Balaban J connectivity index is 1.66. The predicted octanol–water partition coefficient (Wildman–Crippen LogP) is 6.70. The molecule has 8 heteroatoms. The van der Waals surface area contributed by atoms with E-state index in [4.69, 9.17) is 28.3 Å². The number of nitrogens with zero attached hydrogens (tertiary/aromatic N) is 3. The molecule has 0 amide bonds. The lowest BCUT2D eigenvalue weighted by Crippen LogP contribution is -2.46. The normalized spacial score (nSPS) is 16.1. The molecule has 0 saturated heterocycles. The predicted molar refractivity (Wildman–Crippen MR) is 136 cm³/mol. The van der Waals surface area contributed by atoms with Gasteiger partial charge in [0.25, 0.3) is 5.89 Å². The topological polar surface area (TPSA) is 54.2 Å². The Kier molecular flexibility index (Phi) is 5.89. The van der Waals surface area contributed by atoms with Gasteiger partial charge in [-0.25, -0.2) is 4.39 Å². The lowest BCUT2D eigenvalue weighted by molar-refractivity contribution is 0.404. The van der Waals surface area contributed by atoms with Crippen LogP contribution in [0.3, 0.4) is 0 Å². The highest BCUT2D eigenvalue weighted by atomic mass is 35.5. The third-order valence-corrected chi connectivity index (χ3v) is 6.24. The first kappa shape index (κ1) is 22.3. The monoisotopic (exact) mass is 490 g/mol. The summed E-state index contributed by atoms with van der Waals surface area (Å²) < 4.78 is 19.5. The molecule has 5 rings (SSSR count). The van der Waals surface area contributed by atoms with Crippen LogP contribution in [0.25, 0.3) is 17.0 Å². The number of rotatable bonds is 4. The lowest BCUT2D eigenvalue weighted by atomic mass is 9.94. The van der Waals surface area contributed by atoms with Crippen LogP contribution in [0.1, 0.15) is 30.0 Å². The average Bonchev–Trinajstić information content (AvgIpc) is 3.29. The molecule has 0 fully saturated rings. The SMILES string of the molecule is CC1=C(c2nc(-c3cccc(F)c3)no2)C(c2ccc(C)cc2)NC(=S)N1c1cccc(Cl)c1. The molecule has 34 heavy (non-hydrogen) atoms. The minimum absolute atomic E-state index is 0.305. The van der Waals surface area contributed by atoms with Crippen molar-refractivity contribution in [2.24, 2.45) is 0 Å². The Bertz CT molecular complexity index is 1420. The standard InChI is InChI=1S/C26H20ClFN4OS/c1-15-9-11-17(12-10-15)23-22(25-30-24(31-33-25)18-5-3-7-20(28)13-18)16(2)32(26(34)29-23)21-8-4-6-19(27)14-21/h3-14,23H,1-2H3,(H,29,34). The molecule has 1 aliphatic heterocycles. The Labute approximate surface area is 206 Å². The van der Waals surface area contributed by atoms with Crippen LogP contribution in [0, 0.1) is 12.7 Å². The number of benzene rings is 3. The van der Waals surface area contributed by atoms with Gasteiger partial charge in [-0.3, -0.25) is 4.90 Å². The average molecular weight is 491 g/mol. The fraction of sp³-hybridized carbons (Fsp3) is 0.115. The quantitative estimate of drug-likeness (QED) is 0.321. The summed E-state index contributed by atoms with van der Waals surface area (Å²) in [4.78, 5) is 6.52. The van der Waals surface area contributed by atoms with Crippen LogP contribution in [0.4, 0.5) is 10.1 Å². The first-order valence-corrected chi connectivity index (χ1v) is 11.4. The number of hydrogen-bond donors (Lipinski definition) is 1. The van der Waals surface area contributed by atoms with Crippen LogP contribution in [-0.2, 0) is 0 Å². The van der Waals surface area contributed by atoms with Gasteiger partial charge in [0.05, 0.1) is 11.6 Å². The second-order valence-corrected chi connectivity index (χ2v) is 8.86. The van der Waals surface area contributed by atoms with Gasteiger partial charge in [-0.1, -0.05) is 64.8 Å². The third-order valence-electron chi connectivity index (χ3n) is 5.70. The number of anilines is 1. The first-order chi connectivity index (χ1) is 16.4. The summed E-state index contributed by atoms with van der Waals surface area (Å²) in [7, 11) is 0. The van der Waals surface area contributed by atoms with E-state index in [2.05, 4.69) is 15.5 Å². The van der Waals surface area contributed by atoms with Gasteiger partial charge in [0.2, 0.25) is 5.82 Å². The zero-order chi connectivity index (χ0) is 23.8. The summed E-state index contributed by atoms with van der Waals surface area (Å²) >= 11 is 12.0. The van der Waals surface area contributed by atoms with Crippen molar-refractivity contribution in [1.29, 1.82) is 0 Å². The number of thiocarbonyl (C=S) groups is 1. The molecule has 4 aromatic rings. The molecule has 0 aliphatic carbocycles. The van der Waals surface area contributed by atoms with Crippen molar-refractivity contribution < 1.29 is 8.91 Å². The van der Waals surface area contributed by atoms with Crippen molar-refractivity contribution >= 4 is 40.2 Å². The molecule has 3 aromatic carbocycles. The van der Waals surface area contributed by atoms with Crippen LogP contribution >= 0.6 is 23.8 Å². The summed E-state index contributed by atoms with van der Waals surface area (Å²) in [6.45, 7) is 3.99. The van der Waals surface area contributed by atoms with E-state index in [-0.39, 0.29) is 11.9 Å². The highest BCUT2D eigenvalue weighted by molar-refractivity contribution is 7.80. The van der Waals surface area contributed by atoms with Gasteiger partial charge in [0.15, 0.2) is 5.11 Å². The Morgan fingerprint density at radius 2 is 1.79 bits per heavy atom. The molecule has 0 spiro atoms. The van der Waals surface area contributed by atoms with Gasteiger partial charge in [-0.05, 0) is 62.0 Å². The maximum atomic E-state index is 13.8. The number of nitrogens with one attached hydrogen (secondary N) is 1. The highest BCUT2D eigenvalue weighted by Crippen LogP contribution is 2.39. The molecule has 1 aliphatic rings. The van der Waals surface area contributed by atoms with E-state index in [1.165, 1.54) is 12.1 Å². The van der Waals surface area contributed by atoms with Crippen molar-refractivity contribution in [1.82, 2.24) is 15.5 Å². The summed E-state index contributed by atoms with van der Waals surface area (Å²) in [6, 6.07) is 21.4. The fourth-order valence-corrected chi connectivity index (χ4v) is 4.58. The summed E-state index contributed by atoms with van der Waals surface area (Å²) in [5, 5.41) is 8.67. The molecule has 1 aromatic heterocycles. The van der Waals surface area contributed by atoms with Gasteiger partial charge in [-0.2, -0.15) is 4.98 Å².